The third-order valence-corrected chi connectivity index (χ3v) is 4.67. The van der Waals surface area contributed by atoms with E-state index in [1.807, 2.05) is 20.8 Å². The summed E-state index contributed by atoms with van der Waals surface area (Å²) in [6, 6.07) is 0. The molecule has 1 aliphatic rings. The molecular weight excluding hydrogens is 224 g/mol. The van der Waals surface area contributed by atoms with Gasteiger partial charge in [-0.25, -0.2) is 0 Å². The van der Waals surface area contributed by atoms with Crippen LogP contribution in [0.2, 0.25) is 0 Å². The molecule has 0 aromatic rings. The molecule has 1 fully saturated rings. The molecule has 0 aliphatic carbocycles. The van der Waals surface area contributed by atoms with E-state index in [4.69, 9.17) is 4.74 Å². The van der Waals surface area contributed by atoms with Crippen LogP contribution in [0.15, 0.2) is 0 Å². The van der Waals surface area contributed by atoms with Crippen molar-refractivity contribution >= 4 is 17.7 Å². The maximum Gasteiger partial charge on any atom is 0.312 e. The molecule has 0 aromatic heterocycles. The molecule has 1 N–H and O–H groups in total. The quantitative estimate of drug-likeness (QED) is 0.771. The Hall–Kier alpha value is -0.220. The lowest BCUT2D eigenvalue weighted by Gasteiger charge is -2.36. The van der Waals surface area contributed by atoms with Gasteiger partial charge in [-0.1, -0.05) is 20.8 Å². The van der Waals surface area contributed by atoms with E-state index < -0.39 is 11.5 Å². The van der Waals surface area contributed by atoms with Crippen LogP contribution in [-0.2, 0) is 9.53 Å². The highest BCUT2D eigenvalue weighted by Crippen LogP contribution is 2.43. The summed E-state index contributed by atoms with van der Waals surface area (Å²) in [5.41, 5.74) is -0.898. The summed E-state index contributed by atoms with van der Waals surface area (Å²) in [7, 11) is 0. The molecule has 0 saturated carbocycles. The average molecular weight is 246 g/mol. The van der Waals surface area contributed by atoms with Crippen molar-refractivity contribution in [3.8, 4) is 0 Å². The fourth-order valence-corrected chi connectivity index (χ4v) is 3.79. The second-order valence-corrected chi connectivity index (χ2v) is 6.18. The van der Waals surface area contributed by atoms with Gasteiger partial charge in [-0.2, -0.15) is 11.8 Å². The van der Waals surface area contributed by atoms with E-state index in [9.17, 15) is 9.90 Å². The molecule has 0 bridgehead atoms. The highest BCUT2D eigenvalue weighted by atomic mass is 32.2. The Morgan fingerprint density at radius 1 is 1.62 bits per heavy atom. The molecular formula is C12H22O3S. The number of thioether (sulfide) groups is 1. The van der Waals surface area contributed by atoms with Crippen LogP contribution in [0.5, 0.6) is 0 Å². The van der Waals surface area contributed by atoms with Gasteiger partial charge in [0.2, 0.25) is 0 Å². The molecule has 4 heteroatoms. The highest BCUT2D eigenvalue weighted by Gasteiger charge is 2.50. The molecule has 1 rings (SSSR count). The van der Waals surface area contributed by atoms with E-state index >= 15 is 0 Å². The van der Waals surface area contributed by atoms with Crippen LogP contribution in [0.4, 0.5) is 0 Å². The monoisotopic (exact) mass is 246 g/mol. The van der Waals surface area contributed by atoms with Gasteiger partial charge in [0.05, 0.1) is 18.1 Å². The molecule has 1 saturated heterocycles. The SMILES string of the molecule is CCOC(=O)C(C(C)C)C1(O)CCSC1C. The first kappa shape index (κ1) is 13.8. The molecule has 3 atom stereocenters. The number of rotatable bonds is 4. The van der Waals surface area contributed by atoms with Gasteiger partial charge < -0.3 is 9.84 Å². The zero-order chi connectivity index (χ0) is 12.3. The number of carbonyl (C=O) groups excluding carboxylic acids is 1. The fraction of sp³-hybridized carbons (Fsp3) is 0.917. The van der Waals surface area contributed by atoms with Crippen molar-refractivity contribution in [2.45, 2.75) is 45.0 Å². The predicted octanol–water partition coefficient (Wildman–Crippen LogP) is 2.08. The molecule has 3 nitrogen and oxygen atoms in total. The maximum absolute atomic E-state index is 11.9. The van der Waals surface area contributed by atoms with Crippen LogP contribution in [0.3, 0.4) is 0 Å². The smallest absolute Gasteiger partial charge is 0.312 e. The summed E-state index contributed by atoms with van der Waals surface area (Å²) in [5, 5.41) is 10.8. The molecule has 0 radical (unpaired) electrons. The van der Waals surface area contributed by atoms with E-state index in [1.54, 1.807) is 18.7 Å². The van der Waals surface area contributed by atoms with Crippen molar-refractivity contribution in [2.24, 2.45) is 11.8 Å². The van der Waals surface area contributed by atoms with Gasteiger partial charge in [-0.3, -0.25) is 4.79 Å². The summed E-state index contributed by atoms with van der Waals surface area (Å²) < 4.78 is 5.08. The minimum absolute atomic E-state index is 0.101. The lowest BCUT2D eigenvalue weighted by Crippen LogP contribution is -2.49. The molecule has 0 aromatic carbocycles. The number of hydrogen-bond acceptors (Lipinski definition) is 4. The standard InChI is InChI=1S/C12H22O3S/c1-5-15-11(13)10(8(2)3)12(14)6-7-16-9(12)4/h8-10,14H,5-7H2,1-4H3. The van der Waals surface area contributed by atoms with Crippen LogP contribution in [0.1, 0.15) is 34.1 Å². The average Bonchev–Trinajstić information content (AvgIpc) is 2.47. The van der Waals surface area contributed by atoms with E-state index in [1.165, 1.54) is 0 Å². The molecule has 1 aliphatic heterocycles. The molecule has 0 spiro atoms. The molecule has 0 amide bonds. The molecule has 1 heterocycles. The van der Waals surface area contributed by atoms with E-state index in [0.717, 1.165) is 5.75 Å². The third-order valence-electron chi connectivity index (χ3n) is 3.32. The van der Waals surface area contributed by atoms with Crippen LogP contribution in [0, 0.1) is 11.8 Å². The van der Waals surface area contributed by atoms with E-state index in [2.05, 4.69) is 0 Å². The second kappa shape index (κ2) is 5.41. The normalized spacial score (nSPS) is 31.8. The van der Waals surface area contributed by atoms with E-state index in [-0.39, 0.29) is 17.1 Å². The van der Waals surface area contributed by atoms with Crippen molar-refractivity contribution in [3.05, 3.63) is 0 Å². The van der Waals surface area contributed by atoms with Gasteiger partial charge in [0.1, 0.15) is 0 Å². The van der Waals surface area contributed by atoms with Gasteiger partial charge in [-0.05, 0) is 25.0 Å². The van der Waals surface area contributed by atoms with Gasteiger partial charge in [0.15, 0.2) is 0 Å². The molecule has 16 heavy (non-hydrogen) atoms. The maximum atomic E-state index is 11.9. The minimum atomic E-state index is -0.898. The minimum Gasteiger partial charge on any atom is -0.466 e. The molecule has 3 unspecified atom stereocenters. The number of ether oxygens (including phenoxy) is 1. The van der Waals surface area contributed by atoms with Crippen LogP contribution < -0.4 is 0 Å². The topological polar surface area (TPSA) is 46.5 Å². The van der Waals surface area contributed by atoms with Crippen molar-refractivity contribution in [3.63, 3.8) is 0 Å². The van der Waals surface area contributed by atoms with Crippen LogP contribution in [0.25, 0.3) is 0 Å². The van der Waals surface area contributed by atoms with Crippen molar-refractivity contribution in [2.75, 3.05) is 12.4 Å². The van der Waals surface area contributed by atoms with Gasteiger partial charge >= 0.3 is 5.97 Å². The van der Waals surface area contributed by atoms with Crippen molar-refractivity contribution in [1.29, 1.82) is 0 Å². The van der Waals surface area contributed by atoms with Gasteiger partial charge in [0, 0.05) is 5.25 Å². The van der Waals surface area contributed by atoms with Crippen molar-refractivity contribution in [1.82, 2.24) is 0 Å². The lowest BCUT2D eigenvalue weighted by atomic mass is 9.76. The van der Waals surface area contributed by atoms with Gasteiger partial charge in [0.25, 0.3) is 0 Å². The Bertz CT molecular complexity index is 255. The first-order chi connectivity index (χ1) is 7.43. The highest BCUT2D eigenvalue weighted by molar-refractivity contribution is 8.00. The number of esters is 1. The van der Waals surface area contributed by atoms with E-state index in [0.29, 0.717) is 13.0 Å². The largest absolute Gasteiger partial charge is 0.466 e. The zero-order valence-electron chi connectivity index (χ0n) is 10.5. The third kappa shape index (κ3) is 2.54. The number of aliphatic hydroxyl groups is 1. The van der Waals surface area contributed by atoms with Crippen LogP contribution in [-0.4, -0.2) is 34.3 Å². The number of carbonyl (C=O) groups is 1. The van der Waals surface area contributed by atoms with Gasteiger partial charge in [-0.15, -0.1) is 0 Å². The second-order valence-electron chi connectivity index (χ2n) is 4.73. The summed E-state index contributed by atoms with van der Waals surface area (Å²) in [6.07, 6.45) is 0.681. The Morgan fingerprint density at radius 2 is 2.25 bits per heavy atom. The number of hydrogen-bond donors (Lipinski definition) is 1. The summed E-state index contributed by atoms with van der Waals surface area (Å²) >= 11 is 1.73. The first-order valence-corrected chi connectivity index (χ1v) is 6.99. The summed E-state index contributed by atoms with van der Waals surface area (Å²) in [4.78, 5) is 11.9. The van der Waals surface area contributed by atoms with Crippen LogP contribution >= 0.6 is 11.8 Å². The summed E-state index contributed by atoms with van der Waals surface area (Å²) in [5.74, 6) is 0.359. The predicted molar refractivity (Wildman–Crippen MR) is 66.4 cm³/mol. The molecule has 94 valence electrons. The Balaban J connectivity index is 2.88. The Morgan fingerprint density at radius 3 is 2.62 bits per heavy atom. The Labute approximate surface area is 102 Å². The lowest BCUT2D eigenvalue weighted by molar-refractivity contribution is -0.161. The van der Waals surface area contributed by atoms with Crippen molar-refractivity contribution < 1.29 is 14.6 Å². The fourth-order valence-electron chi connectivity index (χ4n) is 2.44. The zero-order valence-corrected chi connectivity index (χ0v) is 11.3. The Kier molecular flexibility index (Phi) is 4.68. The first-order valence-electron chi connectivity index (χ1n) is 5.94. The summed E-state index contributed by atoms with van der Waals surface area (Å²) in [6.45, 7) is 8.10.